The molecule has 7 nitrogen and oxygen atoms in total. The Morgan fingerprint density at radius 3 is 2.52 bits per heavy atom. The van der Waals surface area contributed by atoms with Crippen LogP contribution in [0.25, 0.3) is 0 Å². The van der Waals surface area contributed by atoms with E-state index in [0.29, 0.717) is 18.5 Å². The van der Waals surface area contributed by atoms with Gasteiger partial charge in [-0.25, -0.2) is 4.99 Å². The molecule has 0 spiro atoms. The molecule has 2 atom stereocenters. The van der Waals surface area contributed by atoms with E-state index in [1.165, 1.54) is 0 Å². The third kappa shape index (κ3) is 5.54. The predicted molar refractivity (Wildman–Crippen MR) is 115 cm³/mol. The predicted octanol–water partition coefficient (Wildman–Crippen LogP) is 2.57. The normalized spacial score (nSPS) is 19.8. The van der Waals surface area contributed by atoms with Crippen molar-refractivity contribution in [1.82, 2.24) is 15.2 Å². The average molecular weight is 396 g/mol. The zero-order valence-electron chi connectivity index (χ0n) is 17.2. The van der Waals surface area contributed by atoms with Gasteiger partial charge in [-0.05, 0) is 38.5 Å². The lowest BCUT2D eigenvalue weighted by molar-refractivity contribution is -0.120. The van der Waals surface area contributed by atoms with Gasteiger partial charge in [0, 0.05) is 31.4 Å². The second-order valence-corrected chi connectivity index (χ2v) is 7.36. The Morgan fingerprint density at radius 1 is 1.24 bits per heavy atom. The number of carbonyl (C=O) groups is 1. The second-order valence-electron chi connectivity index (χ2n) is 7.36. The van der Waals surface area contributed by atoms with Crippen LogP contribution in [0, 0.1) is 5.41 Å². The minimum absolute atomic E-state index is 0.00191. The quantitative estimate of drug-likeness (QED) is 0.536. The highest BCUT2D eigenvalue weighted by Crippen LogP contribution is 2.16. The number of aromatic nitrogens is 1. The fourth-order valence-corrected chi connectivity index (χ4v) is 3.52. The molecule has 3 N–H and O–H groups in total. The van der Waals surface area contributed by atoms with Gasteiger partial charge in [-0.15, -0.1) is 0 Å². The lowest BCUT2D eigenvalue weighted by Gasteiger charge is -2.37. The van der Waals surface area contributed by atoms with Crippen molar-refractivity contribution in [3.05, 3.63) is 59.4 Å². The molecule has 1 fully saturated rings. The molecule has 0 radical (unpaired) electrons. The third-order valence-electron chi connectivity index (χ3n) is 4.74. The van der Waals surface area contributed by atoms with Crippen molar-refractivity contribution < 1.29 is 9.53 Å². The number of aliphatic imine (C=N–C) groups is 1. The van der Waals surface area contributed by atoms with Gasteiger partial charge in [0.2, 0.25) is 5.91 Å². The summed E-state index contributed by atoms with van der Waals surface area (Å²) in [6, 6.07) is 11.3. The molecule has 1 aromatic carbocycles. The number of likely N-dealkylation sites (N-methyl/N-ethyl adjacent to an activating group) is 1. The highest BCUT2D eigenvalue weighted by atomic mass is 16.5. The van der Waals surface area contributed by atoms with Gasteiger partial charge >= 0.3 is 0 Å². The van der Waals surface area contributed by atoms with Crippen molar-refractivity contribution >= 4 is 17.6 Å². The van der Waals surface area contributed by atoms with Crippen molar-refractivity contribution in [2.75, 3.05) is 19.6 Å². The number of amidine groups is 2. The van der Waals surface area contributed by atoms with Crippen LogP contribution < -0.4 is 5.32 Å². The number of aromatic amines is 1. The van der Waals surface area contributed by atoms with Crippen LogP contribution in [0.2, 0.25) is 0 Å². The Balaban J connectivity index is 1.80. The molecule has 1 amide bonds. The Hall–Kier alpha value is -2.93. The van der Waals surface area contributed by atoms with Crippen LogP contribution in [-0.4, -0.2) is 59.3 Å². The van der Waals surface area contributed by atoms with Gasteiger partial charge in [0.1, 0.15) is 0 Å². The molecule has 29 heavy (non-hydrogen) atoms. The van der Waals surface area contributed by atoms with Crippen LogP contribution >= 0.6 is 0 Å². The van der Waals surface area contributed by atoms with Crippen LogP contribution in [0.15, 0.2) is 47.6 Å². The van der Waals surface area contributed by atoms with Crippen molar-refractivity contribution in [3.63, 3.8) is 0 Å². The summed E-state index contributed by atoms with van der Waals surface area (Å²) >= 11 is 0. The summed E-state index contributed by atoms with van der Waals surface area (Å²) in [5, 5.41) is 11.3. The zero-order valence-corrected chi connectivity index (χ0v) is 17.2. The maximum Gasteiger partial charge on any atom is 0.224 e. The van der Waals surface area contributed by atoms with Gasteiger partial charge in [0.25, 0.3) is 0 Å². The molecule has 0 aliphatic carbocycles. The van der Waals surface area contributed by atoms with Gasteiger partial charge in [-0.2, -0.15) is 0 Å². The molecule has 1 aromatic heterocycles. The lowest BCUT2D eigenvalue weighted by atomic mass is 10.1. The fraction of sp³-hybridized carbons (Fsp3) is 0.409. The van der Waals surface area contributed by atoms with Crippen LogP contribution in [0.1, 0.15) is 37.6 Å². The van der Waals surface area contributed by atoms with Crippen LogP contribution in [0.3, 0.4) is 0 Å². The fourth-order valence-electron chi connectivity index (χ4n) is 3.52. The summed E-state index contributed by atoms with van der Waals surface area (Å²) < 4.78 is 5.84. The SMILES string of the molecule is CCNC(=O)Cc1ccc(C(=N)N=C(c2ccc[nH]2)N2CC(C)OC(C)C2)cc1. The highest BCUT2D eigenvalue weighted by molar-refractivity contribution is 6.09. The molecule has 154 valence electrons. The molecular weight excluding hydrogens is 366 g/mol. The summed E-state index contributed by atoms with van der Waals surface area (Å²) in [6.07, 6.45) is 2.39. The number of nitrogens with zero attached hydrogens (tertiary/aromatic N) is 2. The Labute approximate surface area is 171 Å². The first kappa shape index (κ1) is 20.8. The van der Waals surface area contributed by atoms with Gasteiger partial charge in [-0.3, -0.25) is 10.2 Å². The van der Waals surface area contributed by atoms with Crippen molar-refractivity contribution in [2.45, 2.75) is 39.4 Å². The molecule has 0 bridgehead atoms. The summed E-state index contributed by atoms with van der Waals surface area (Å²) in [6.45, 7) is 8.07. The molecule has 2 heterocycles. The lowest BCUT2D eigenvalue weighted by Crippen LogP contribution is -2.48. The summed E-state index contributed by atoms with van der Waals surface area (Å²) in [5.41, 5.74) is 2.50. The van der Waals surface area contributed by atoms with E-state index in [9.17, 15) is 4.79 Å². The molecule has 3 rings (SSSR count). The summed E-state index contributed by atoms with van der Waals surface area (Å²) in [5.74, 6) is 0.928. The van der Waals surface area contributed by atoms with E-state index in [0.717, 1.165) is 30.2 Å². The van der Waals surface area contributed by atoms with Crippen molar-refractivity contribution in [2.24, 2.45) is 4.99 Å². The number of hydrogen-bond donors (Lipinski definition) is 3. The van der Waals surface area contributed by atoms with Gasteiger partial charge < -0.3 is 19.9 Å². The third-order valence-corrected chi connectivity index (χ3v) is 4.74. The minimum atomic E-state index is -0.00191. The first-order chi connectivity index (χ1) is 14.0. The van der Waals surface area contributed by atoms with E-state index in [1.807, 2.05) is 63.4 Å². The maximum atomic E-state index is 11.7. The molecular formula is C22H29N5O2. The first-order valence-corrected chi connectivity index (χ1v) is 10.0. The zero-order chi connectivity index (χ0) is 20.8. The number of nitrogens with one attached hydrogen (secondary N) is 3. The number of carbonyl (C=O) groups excluding carboxylic acids is 1. The van der Waals surface area contributed by atoms with E-state index in [4.69, 9.17) is 10.1 Å². The Bertz CT molecular complexity index is 848. The smallest absolute Gasteiger partial charge is 0.224 e. The molecule has 1 saturated heterocycles. The number of morpholine rings is 1. The van der Waals surface area contributed by atoms with Gasteiger partial charge in [0.15, 0.2) is 11.7 Å². The van der Waals surface area contributed by atoms with Crippen LogP contribution in [-0.2, 0) is 16.0 Å². The average Bonchev–Trinajstić information content (AvgIpc) is 3.20. The van der Waals surface area contributed by atoms with Crippen molar-refractivity contribution in [1.29, 1.82) is 5.41 Å². The summed E-state index contributed by atoms with van der Waals surface area (Å²) in [4.78, 5) is 21.8. The first-order valence-electron chi connectivity index (χ1n) is 10.0. The topological polar surface area (TPSA) is 93.6 Å². The number of benzene rings is 1. The van der Waals surface area contributed by atoms with E-state index >= 15 is 0 Å². The molecule has 7 heteroatoms. The van der Waals surface area contributed by atoms with E-state index < -0.39 is 0 Å². The largest absolute Gasteiger partial charge is 0.372 e. The van der Waals surface area contributed by atoms with Gasteiger partial charge in [-0.1, -0.05) is 24.3 Å². The minimum Gasteiger partial charge on any atom is -0.372 e. The number of rotatable bonds is 5. The number of H-pyrrole nitrogens is 1. The Morgan fingerprint density at radius 2 is 1.93 bits per heavy atom. The monoisotopic (exact) mass is 395 g/mol. The number of amides is 1. The van der Waals surface area contributed by atoms with E-state index in [1.54, 1.807) is 0 Å². The molecule has 0 saturated carbocycles. The second kappa shape index (κ2) is 9.52. The van der Waals surface area contributed by atoms with Gasteiger partial charge in [0.05, 0.1) is 24.3 Å². The van der Waals surface area contributed by atoms with Crippen molar-refractivity contribution in [3.8, 4) is 0 Å². The standard InChI is InChI=1S/C22H29N5O2/c1-4-24-20(28)12-17-7-9-18(10-8-17)21(23)26-22(19-6-5-11-25-19)27-13-15(2)29-16(3)14-27/h5-11,15-16,23,25H,4,12-14H2,1-3H3,(H,24,28). The van der Waals surface area contributed by atoms with Crippen LogP contribution in [0.4, 0.5) is 0 Å². The molecule has 1 aliphatic heterocycles. The molecule has 1 aliphatic rings. The summed E-state index contributed by atoms with van der Waals surface area (Å²) in [7, 11) is 0. The Kier molecular flexibility index (Phi) is 6.82. The van der Waals surface area contributed by atoms with E-state index in [-0.39, 0.29) is 24.0 Å². The number of hydrogen-bond acceptors (Lipinski definition) is 3. The number of ether oxygens (including phenoxy) is 1. The molecule has 2 aromatic rings. The molecule has 2 unspecified atom stereocenters. The highest BCUT2D eigenvalue weighted by Gasteiger charge is 2.26. The maximum absolute atomic E-state index is 11.7. The van der Waals surface area contributed by atoms with E-state index in [2.05, 4.69) is 20.2 Å². The van der Waals surface area contributed by atoms with Crippen LogP contribution in [0.5, 0.6) is 0 Å².